The van der Waals surface area contributed by atoms with Crippen molar-refractivity contribution in [3.05, 3.63) is 65.7 Å². The molecule has 8 heteroatoms. The molecule has 0 aliphatic rings. The van der Waals surface area contributed by atoms with Crippen LogP contribution in [0.1, 0.15) is 21.9 Å². The van der Waals surface area contributed by atoms with E-state index in [4.69, 9.17) is 11.5 Å². The molecule has 0 aliphatic heterocycles. The van der Waals surface area contributed by atoms with Gasteiger partial charge in [0.15, 0.2) is 0 Å². The lowest BCUT2D eigenvalue weighted by atomic mass is 10.1. The molecule has 0 bridgehead atoms. The third-order valence-corrected chi connectivity index (χ3v) is 4.77. The fourth-order valence-corrected chi connectivity index (χ4v) is 3.41. The van der Waals surface area contributed by atoms with Gasteiger partial charge in [-0.3, -0.25) is 4.79 Å². The fourth-order valence-electron chi connectivity index (χ4n) is 3.41. The number of ketones is 1. The van der Waals surface area contributed by atoms with Gasteiger partial charge in [-0.1, -0.05) is 0 Å². The van der Waals surface area contributed by atoms with Crippen LogP contribution in [0.3, 0.4) is 0 Å². The Morgan fingerprint density at radius 2 is 1.86 bits per heavy atom. The average Bonchev–Trinajstić information content (AvgIpc) is 3.35. The van der Waals surface area contributed by atoms with Crippen molar-refractivity contribution in [3.63, 3.8) is 0 Å². The Bertz CT molecular complexity index is 1370. The minimum atomic E-state index is -0.227. The number of aromatic nitrogens is 5. The van der Waals surface area contributed by atoms with Gasteiger partial charge in [-0.15, -0.1) is 0 Å². The number of aromatic amines is 2. The third-order valence-electron chi connectivity index (χ3n) is 4.77. The summed E-state index contributed by atoms with van der Waals surface area (Å²) in [5, 5.41) is 5.18. The van der Waals surface area contributed by atoms with Crippen LogP contribution in [0, 0.1) is 6.92 Å². The predicted molar refractivity (Wildman–Crippen MR) is 109 cm³/mol. The highest BCUT2D eigenvalue weighted by atomic mass is 16.1. The molecule has 0 saturated heterocycles. The zero-order valence-corrected chi connectivity index (χ0v) is 15.0. The van der Waals surface area contributed by atoms with Gasteiger partial charge in [0.2, 0.25) is 5.78 Å². The highest BCUT2D eigenvalue weighted by Gasteiger charge is 2.20. The zero-order chi connectivity index (χ0) is 19.4. The van der Waals surface area contributed by atoms with Gasteiger partial charge >= 0.3 is 0 Å². The molecular weight excluding hydrogens is 354 g/mol. The van der Waals surface area contributed by atoms with Crippen LogP contribution < -0.4 is 11.5 Å². The first kappa shape index (κ1) is 16.1. The van der Waals surface area contributed by atoms with E-state index in [1.807, 2.05) is 37.3 Å². The van der Waals surface area contributed by atoms with Crippen molar-refractivity contribution in [2.45, 2.75) is 6.92 Å². The van der Waals surface area contributed by atoms with Crippen molar-refractivity contribution in [1.82, 2.24) is 24.7 Å². The van der Waals surface area contributed by atoms with Crippen molar-refractivity contribution in [1.29, 1.82) is 0 Å². The van der Waals surface area contributed by atoms with Gasteiger partial charge in [-0.2, -0.15) is 5.10 Å². The lowest BCUT2D eigenvalue weighted by Crippen LogP contribution is -2.07. The van der Waals surface area contributed by atoms with E-state index < -0.39 is 0 Å². The SMILES string of the molecule is Cc1nc2cc(-n3ncc(C(=O)c4cc5cc(N)ccc5[nH]4)c3N)ccc2[nH]1. The van der Waals surface area contributed by atoms with E-state index in [0.29, 0.717) is 16.9 Å². The maximum atomic E-state index is 13.0. The Morgan fingerprint density at radius 1 is 1.04 bits per heavy atom. The lowest BCUT2D eigenvalue weighted by molar-refractivity contribution is 0.103. The fraction of sp³-hybridized carbons (Fsp3) is 0.0500. The Kier molecular flexibility index (Phi) is 3.29. The molecule has 138 valence electrons. The number of hydrogen-bond donors (Lipinski definition) is 4. The third kappa shape index (κ3) is 2.43. The smallest absolute Gasteiger partial charge is 0.214 e. The van der Waals surface area contributed by atoms with E-state index in [9.17, 15) is 4.79 Å². The van der Waals surface area contributed by atoms with Crippen LogP contribution in [-0.2, 0) is 0 Å². The molecule has 8 nitrogen and oxygen atoms in total. The number of nitrogens with zero attached hydrogens (tertiary/aromatic N) is 3. The number of nitrogen functional groups attached to an aromatic ring is 2. The minimum Gasteiger partial charge on any atom is -0.399 e. The number of imidazole rings is 1. The number of anilines is 2. The summed E-state index contributed by atoms with van der Waals surface area (Å²) in [6, 6.07) is 12.9. The first-order valence-electron chi connectivity index (χ1n) is 8.73. The first-order chi connectivity index (χ1) is 13.5. The summed E-state index contributed by atoms with van der Waals surface area (Å²) >= 11 is 0. The maximum absolute atomic E-state index is 13.0. The molecule has 3 aromatic heterocycles. The molecule has 3 heterocycles. The van der Waals surface area contributed by atoms with E-state index in [1.54, 1.807) is 12.1 Å². The topological polar surface area (TPSA) is 131 Å². The van der Waals surface area contributed by atoms with Crippen LogP contribution >= 0.6 is 0 Å². The maximum Gasteiger partial charge on any atom is 0.214 e. The molecule has 5 rings (SSSR count). The second-order valence-corrected chi connectivity index (χ2v) is 6.74. The number of fused-ring (bicyclic) bond motifs is 2. The number of nitrogens with one attached hydrogen (secondary N) is 2. The van der Waals surface area contributed by atoms with Gasteiger partial charge in [0.25, 0.3) is 0 Å². The summed E-state index contributed by atoms with van der Waals surface area (Å²) in [6.45, 7) is 1.90. The van der Waals surface area contributed by atoms with E-state index >= 15 is 0 Å². The van der Waals surface area contributed by atoms with Crippen LogP contribution in [0.25, 0.3) is 27.6 Å². The highest BCUT2D eigenvalue weighted by molar-refractivity contribution is 6.12. The summed E-state index contributed by atoms with van der Waals surface area (Å²) in [6.07, 6.45) is 1.48. The van der Waals surface area contributed by atoms with Crippen molar-refractivity contribution >= 4 is 39.2 Å². The number of rotatable bonds is 3. The van der Waals surface area contributed by atoms with Gasteiger partial charge in [-0.05, 0) is 49.4 Å². The van der Waals surface area contributed by atoms with Crippen LogP contribution in [-0.4, -0.2) is 30.5 Å². The molecule has 0 atom stereocenters. The Balaban J connectivity index is 1.55. The average molecular weight is 371 g/mol. The molecule has 0 aliphatic carbocycles. The van der Waals surface area contributed by atoms with E-state index in [-0.39, 0.29) is 11.6 Å². The molecule has 0 radical (unpaired) electrons. The lowest BCUT2D eigenvalue weighted by Gasteiger charge is -2.04. The highest BCUT2D eigenvalue weighted by Crippen LogP contribution is 2.25. The van der Waals surface area contributed by atoms with Crippen molar-refractivity contribution < 1.29 is 4.79 Å². The molecule has 0 fully saturated rings. The molecule has 0 spiro atoms. The second kappa shape index (κ2) is 5.71. The summed E-state index contributed by atoms with van der Waals surface area (Å²) < 4.78 is 1.54. The monoisotopic (exact) mass is 371 g/mol. The Morgan fingerprint density at radius 3 is 2.71 bits per heavy atom. The largest absolute Gasteiger partial charge is 0.399 e. The summed E-state index contributed by atoms with van der Waals surface area (Å²) in [4.78, 5) is 23.7. The number of benzene rings is 2. The molecule has 5 aromatic rings. The van der Waals surface area contributed by atoms with Crippen LogP contribution in [0.2, 0.25) is 0 Å². The van der Waals surface area contributed by atoms with Gasteiger partial charge in [0.1, 0.15) is 11.6 Å². The molecule has 2 aromatic carbocycles. The number of H-pyrrole nitrogens is 2. The van der Waals surface area contributed by atoms with Gasteiger partial charge in [0.05, 0.1) is 34.2 Å². The molecule has 0 saturated carbocycles. The standard InChI is InChI=1S/C20H17N7O/c1-10-24-16-5-3-13(8-17(16)25-10)27-20(22)14(9-23-27)19(28)18-7-11-6-12(21)2-4-15(11)26-18/h2-9,26H,21-22H2,1H3,(H,24,25). The van der Waals surface area contributed by atoms with E-state index in [1.165, 1.54) is 10.9 Å². The Hall–Kier alpha value is -4.07. The van der Waals surface area contributed by atoms with Crippen molar-refractivity contribution in [2.24, 2.45) is 0 Å². The number of hydrogen-bond acceptors (Lipinski definition) is 5. The van der Waals surface area contributed by atoms with Crippen molar-refractivity contribution in [2.75, 3.05) is 11.5 Å². The second-order valence-electron chi connectivity index (χ2n) is 6.74. The zero-order valence-electron chi connectivity index (χ0n) is 15.0. The minimum absolute atomic E-state index is 0.227. The first-order valence-corrected chi connectivity index (χ1v) is 8.73. The van der Waals surface area contributed by atoms with E-state index in [2.05, 4.69) is 20.1 Å². The number of carbonyl (C=O) groups excluding carboxylic acids is 1. The summed E-state index contributed by atoms with van der Waals surface area (Å²) in [5.74, 6) is 0.876. The summed E-state index contributed by atoms with van der Waals surface area (Å²) in [7, 11) is 0. The molecule has 6 N–H and O–H groups in total. The van der Waals surface area contributed by atoms with Crippen molar-refractivity contribution in [3.8, 4) is 5.69 Å². The predicted octanol–water partition coefficient (Wildman–Crippen LogP) is 2.93. The van der Waals surface area contributed by atoms with Gasteiger partial charge < -0.3 is 21.4 Å². The van der Waals surface area contributed by atoms with Crippen LogP contribution in [0.15, 0.2) is 48.7 Å². The number of nitrogens with two attached hydrogens (primary N) is 2. The van der Waals surface area contributed by atoms with E-state index in [0.717, 1.165) is 33.4 Å². The molecule has 0 unspecified atom stereocenters. The molecular formula is C20H17N7O. The van der Waals surface area contributed by atoms with Gasteiger partial charge in [0, 0.05) is 16.6 Å². The summed E-state index contributed by atoms with van der Waals surface area (Å²) in [5.41, 5.74) is 16.8. The quantitative estimate of drug-likeness (QED) is 0.286. The molecule has 0 amide bonds. The van der Waals surface area contributed by atoms with Crippen LogP contribution in [0.4, 0.5) is 11.5 Å². The number of aryl methyl sites for hydroxylation is 1. The Labute approximate surface area is 159 Å². The molecule has 28 heavy (non-hydrogen) atoms. The number of carbonyl (C=O) groups is 1. The van der Waals surface area contributed by atoms with Crippen LogP contribution in [0.5, 0.6) is 0 Å². The van der Waals surface area contributed by atoms with Gasteiger partial charge in [-0.25, -0.2) is 9.67 Å². The normalized spacial score (nSPS) is 11.5.